The molecule has 3 aromatic rings. The van der Waals surface area contributed by atoms with Crippen LogP contribution in [0.3, 0.4) is 0 Å². The largest absolute Gasteiger partial charge is 0.332 e. The van der Waals surface area contributed by atoms with E-state index in [4.69, 9.17) is 0 Å². The summed E-state index contributed by atoms with van der Waals surface area (Å²) < 4.78 is 2.24. The van der Waals surface area contributed by atoms with E-state index in [0.717, 1.165) is 11.0 Å². The van der Waals surface area contributed by atoms with Crippen molar-refractivity contribution in [1.82, 2.24) is 14.1 Å². The number of fused-ring (bicyclic) bond motifs is 1. The maximum Gasteiger partial charge on any atom is 0.332 e. The number of nitro benzene ring substituents is 1. The van der Waals surface area contributed by atoms with E-state index in [2.05, 4.69) is 10.3 Å². The van der Waals surface area contributed by atoms with Crippen LogP contribution in [-0.4, -0.2) is 24.9 Å². The predicted molar refractivity (Wildman–Crippen MR) is 112 cm³/mol. The Morgan fingerprint density at radius 1 is 1.17 bits per heavy atom. The minimum absolute atomic E-state index is 0.0283. The highest BCUT2D eigenvalue weighted by Gasteiger charge is 2.19. The van der Waals surface area contributed by atoms with Gasteiger partial charge in [-0.05, 0) is 17.5 Å². The van der Waals surface area contributed by atoms with Crippen LogP contribution in [0.1, 0.15) is 24.5 Å². The molecule has 30 heavy (non-hydrogen) atoms. The first-order valence-electron chi connectivity index (χ1n) is 9.35. The fourth-order valence-corrected chi connectivity index (χ4v) is 3.27. The number of aryl methyl sites for hydroxylation is 2. The summed E-state index contributed by atoms with van der Waals surface area (Å²) in [5.74, 6) is -0.385. The third-order valence-electron chi connectivity index (χ3n) is 4.84. The SMILES string of the molecule is CCCc1cnc2c(c1NC(=O)Cc1ccc([N+](=O)[O-])cc1)c(=O)n(C)c(=O)n2C. The smallest absolute Gasteiger partial charge is 0.325 e. The molecule has 0 unspecified atom stereocenters. The summed E-state index contributed by atoms with van der Waals surface area (Å²) in [6.45, 7) is 1.96. The standard InChI is InChI=1S/C20H21N5O5/c1-4-5-13-11-21-18-16(19(27)24(3)20(28)23(18)2)17(13)22-15(26)10-12-6-8-14(9-7-12)25(29)30/h6-9,11H,4-5,10H2,1-3H3,(H,21,22,26). The van der Waals surface area contributed by atoms with E-state index in [0.29, 0.717) is 23.2 Å². The number of amides is 1. The van der Waals surface area contributed by atoms with Crippen LogP contribution in [0.25, 0.3) is 11.0 Å². The van der Waals surface area contributed by atoms with Gasteiger partial charge in [-0.15, -0.1) is 0 Å². The molecule has 2 heterocycles. The van der Waals surface area contributed by atoms with E-state index in [1.165, 1.54) is 42.9 Å². The predicted octanol–water partition coefficient (Wildman–Crippen LogP) is 1.67. The number of carbonyl (C=O) groups excluding carboxylic acids is 1. The van der Waals surface area contributed by atoms with Crippen molar-refractivity contribution in [2.24, 2.45) is 14.1 Å². The molecule has 10 nitrogen and oxygen atoms in total. The van der Waals surface area contributed by atoms with Crippen molar-refractivity contribution < 1.29 is 9.72 Å². The molecule has 0 bridgehead atoms. The molecular weight excluding hydrogens is 390 g/mol. The van der Waals surface area contributed by atoms with E-state index in [-0.39, 0.29) is 29.0 Å². The third-order valence-corrected chi connectivity index (χ3v) is 4.84. The number of benzene rings is 1. The molecule has 0 saturated carbocycles. The fourth-order valence-electron chi connectivity index (χ4n) is 3.27. The Morgan fingerprint density at radius 2 is 1.83 bits per heavy atom. The van der Waals surface area contributed by atoms with E-state index in [1.807, 2.05) is 6.92 Å². The van der Waals surface area contributed by atoms with Gasteiger partial charge in [0.2, 0.25) is 5.91 Å². The summed E-state index contributed by atoms with van der Waals surface area (Å²) in [5, 5.41) is 13.7. The minimum Gasteiger partial charge on any atom is -0.325 e. The molecule has 0 fully saturated rings. The molecular formula is C20H21N5O5. The summed E-state index contributed by atoms with van der Waals surface area (Å²) in [4.78, 5) is 52.3. The van der Waals surface area contributed by atoms with Gasteiger partial charge in [0.25, 0.3) is 11.2 Å². The second-order valence-electron chi connectivity index (χ2n) is 6.96. The van der Waals surface area contributed by atoms with E-state index >= 15 is 0 Å². The van der Waals surface area contributed by atoms with Crippen LogP contribution in [0.4, 0.5) is 11.4 Å². The van der Waals surface area contributed by atoms with Crippen molar-refractivity contribution in [2.45, 2.75) is 26.2 Å². The van der Waals surface area contributed by atoms with E-state index < -0.39 is 16.2 Å². The van der Waals surface area contributed by atoms with Crippen LogP contribution < -0.4 is 16.6 Å². The van der Waals surface area contributed by atoms with Gasteiger partial charge in [0.05, 0.1) is 17.0 Å². The lowest BCUT2D eigenvalue weighted by atomic mass is 10.1. The number of anilines is 1. The normalized spacial score (nSPS) is 10.9. The van der Waals surface area contributed by atoms with Crippen molar-refractivity contribution in [3.63, 3.8) is 0 Å². The summed E-state index contributed by atoms with van der Waals surface area (Å²) >= 11 is 0. The number of carbonyl (C=O) groups is 1. The number of hydrogen-bond acceptors (Lipinski definition) is 6. The van der Waals surface area contributed by atoms with Crippen molar-refractivity contribution in [3.8, 4) is 0 Å². The van der Waals surface area contributed by atoms with Gasteiger partial charge < -0.3 is 5.32 Å². The van der Waals surface area contributed by atoms with Crippen LogP contribution in [0, 0.1) is 10.1 Å². The van der Waals surface area contributed by atoms with Crippen LogP contribution in [0.15, 0.2) is 40.1 Å². The van der Waals surface area contributed by atoms with Crippen LogP contribution in [0.5, 0.6) is 0 Å². The average molecular weight is 411 g/mol. The highest BCUT2D eigenvalue weighted by atomic mass is 16.6. The highest BCUT2D eigenvalue weighted by molar-refractivity contribution is 6.01. The van der Waals surface area contributed by atoms with Crippen LogP contribution in [-0.2, 0) is 31.7 Å². The molecule has 0 spiro atoms. The van der Waals surface area contributed by atoms with Gasteiger partial charge in [-0.1, -0.05) is 25.5 Å². The Kier molecular flexibility index (Phi) is 5.77. The first-order valence-corrected chi connectivity index (χ1v) is 9.35. The van der Waals surface area contributed by atoms with Crippen molar-refractivity contribution in [2.75, 3.05) is 5.32 Å². The number of nitrogens with zero attached hydrogens (tertiary/aromatic N) is 4. The van der Waals surface area contributed by atoms with Crippen molar-refractivity contribution in [1.29, 1.82) is 0 Å². The Labute approximate surface area is 170 Å². The summed E-state index contributed by atoms with van der Waals surface area (Å²) in [7, 11) is 2.89. The summed E-state index contributed by atoms with van der Waals surface area (Å²) in [5.41, 5.74) is 0.703. The van der Waals surface area contributed by atoms with Gasteiger partial charge in [-0.3, -0.25) is 28.8 Å². The number of rotatable bonds is 6. The molecule has 2 aromatic heterocycles. The molecule has 10 heteroatoms. The number of non-ortho nitro benzene ring substituents is 1. The molecule has 1 amide bonds. The zero-order chi connectivity index (χ0) is 22.0. The maximum atomic E-state index is 12.8. The molecule has 0 aliphatic heterocycles. The second kappa shape index (κ2) is 8.27. The Balaban J connectivity index is 2.04. The lowest BCUT2D eigenvalue weighted by Gasteiger charge is -2.15. The zero-order valence-corrected chi connectivity index (χ0v) is 16.8. The monoisotopic (exact) mass is 411 g/mol. The van der Waals surface area contributed by atoms with Crippen molar-refractivity contribution >= 4 is 28.3 Å². The second-order valence-corrected chi connectivity index (χ2v) is 6.96. The topological polar surface area (TPSA) is 129 Å². The lowest BCUT2D eigenvalue weighted by Crippen LogP contribution is -2.38. The minimum atomic E-state index is -0.538. The average Bonchev–Trinajstić information content (AvgIpc) is 2.72. The molecule has 156 valence electrons. The highest BCUT2D eigenvalue weighted by Crippen LogP contribution is 2.24. The Bertz CT molecular complexity index is 1260. The molecule has 0 saturated heterocycles. The lowest BCUT2D eigenvalue weighted by molar-refractivity contribution is -0.384. The Hall–Kier alpha value is -3.82. The molecule has 3 rings (SSSR count). The maximum absolute atomic E-state index is 12.8. The summed E-state index contributed by atoms with van der Waals surface area (Å²) in [6, 6.07) is 5.69. The first kappa shape index (κ1) is 20.9. The quantitative estimate of drug-likeness (QED) is 0.485. The molecule has 1 N–H and O–H groups in total. The number of pyridine rings is 1. The number of nitrogens with one attached hydrogen (secondary N) is 1. The number of hydrogen-bond donors (Lipinski definition) is 1. The number of nitro groups is 1. The van der Waals surface area contributed by atoms with Crippen molar-refractivity contribution in [3.05, 3.63) is 72.5 Å². The molecule has 0 atom stereocenters. The first-order chi connectivity index (χ1) is 14.2. The van der Waals surface area contributed by atoms with Gasteiger partial charge in [0.15, 0.2) is 5.65 Å². The third kappa shape index (κ3) is 3.84. The fraction of sp³-hybridized carbons (Fsp3) is 0.300. The van der Waals surface area contributed by atoms with Gasteiger partial charge in [-0.2, -0.15) is 0 Å². The van der Waals surface area contributed by atoms with Crippen LogP contribution in [0.2, 0.25) is 0 Å². The van der Waals surface area contributed by atoms with E-state index in [9.17, 15) is 24.5 Å². The molecule has 0 radical (unpaired) electrons. The van der Waals surface area contributed by atoms with Crippen LogP contribution >= 0.6 is 0 Å². The van der Waals surface area contributed by atoms with Gasteiger partial charge in [0.1, 0.15) is 5.39 Å². The number of aromatic nitrogens is 3. The van der Waals surface area contributed by atoms with Gasteiger partial charge in [0, 0.05) is 32.4 Å². The van der Waals surface area contributed by atoms with E-state index in [1.54, 1.807) is 6.20 Å². The zero-order valence-electron chi connectivity index (χ0n) is 16.8. The van der Waals surface area contributed by atoms with Gasteiger partial charge >= 0.3 is 5.69 Å². The molecule has 0 aliphatic rings. The van der Waals surface area contributed by atoms with Gasteiger partial charge in [-0.25, -0.2) is 9.78 Å². The molecule has 1 aromatic carbocycles. The summed E-state index contributed by atoms with van der Waals surface area (Å²) in [6.07, 6.45) is 2.89. The molecule has 0 aliphatic carbocycles. The Morgan fingerprint density at radius 3 is 2.43 bits per heavy atom.